The normalized spacial score (nSPS) is 17.8. The molecule has 0 bridgehead atoms. The van der Waals surface area contributed by atoms with Crippen molar-refractivity contribution in [3.63, 3.8) is 0 Å². The average molecular weight is 345 g/mol. The smallest absolute Gasteiger partial charge is 0.412 e. The van der Waals surface area contributed by atoms with Gasteiger partial charge in [-0.15, -0.1) is 0 Å². The van der Waals surface area contributed by atoms with Crippen LogP contribution >= 0.6 is 0 Å². The van der Waals surface area contributed by atoms with Crippen LogP contribution in [0.2, 0.25) is 0 Å². The summed E-state index contributed by atoms with van der Waals surface area (Å²) in [6.45, 7) is 2.67. The van der Waals surface area contributed by atoms with Gasteiger partial charge in [-0.1, -0.05) is 42.5 Å². The number of hydrogen-bond acceptors (Lipinski definition) is 3. The molecule has 26 heavy (non-hydrogen) atoms. The van der Waals surface area contributed by atoms with Crippen LogP contribution in [0.1, 0.15) is 35.6 Å². The highest BCUT2D eigenvalue weighted by molar-refractivity contribution is 5.81. The maximum Gasteiger partial charge on any atom is 0.424 e. The van der Waals surface area contributed by atoms with Gasteiger partial charge in [0.2, 0.25) is 0 Å². The SMILES string of the molecule is CCOC1C2=C(Cc3c(oc(=O)n3-c3ccccc3)C2)c2ccccc21. The third-order valence-corrected chi connectivity index (χ3v) is 5.30. The Balaban J connectivity index is 1.65. The molecule has 4 heteroatoms. The van der Waals surface area contributed by atoms with Crippen LogP contribution < -0.4 is 5.76 Å². The van der Waals surface area contributed by atoms with E-state index in [1.807, 2.05) is 37.3 Å². The molecule has 0 amide bonds. The van der Waals surface area contributed by atoms with Crippen molar-refractivity contribution in [3.8, 4) is 5.69 Å². The van der Waals surface area contributed by atoms with Crippen molar-refractivity contribution in [2.75, 3.05) is 6.61 Å². The van der Waals surface area contributed by atoms with Crippen LogP contribution in [0, 0.1) is 0 Å². The lowest BCUT2D eigenvalue weighted by atomic mass is 9.92. The highest BCUT2D eigenvalue weighted by atomic mass is 16.5. The summed E-state index contributed by atoms with van der Waals surface area (Å²) in [4.78, 5) is 12.5. The lowest BCUT2D eigenvalue weighted by Gasteiger charge is -2.20. The van der Waals surface area contributed by atoms with Crippen LogP contribution in [0.4, 0.5) is 0 Å². The molecule has 2 aliphatic carbocycles. The number of rotatable bonds is 3. The van der Waals surface area contributed by atoms with E-state index in [9.17, 15) is 4.79 Å². The van der Waals surface area contributed by atoms with Gasteiger partial charge in [0.05, 0.1) is 11.4 Å². The molecule has 5 rings (SSSR count). The molecule has 1 heterocycles. The standard InChI is InChI=1S/C22H19NO3/c1-2-25-21-16-11-7-6-10-15(16)17-12-19-20(13-18(17)21)26-22(24)23(19)14-8-4-3-5-9-14/h3-11,21H,2,12-13H2,1H3. The van der Waals surface area contributed by atoms with Crippen LogP contribution in [0.25, 0.3) is 11.3 Å². The molecule has 130 valence electrons. The van der Waals surface area contributed by atoms with Crippen LogP contribution in [-0.4, -0.2) is 11.2 Å². The fourth-order valence-corrected chi connectivity index (χ4v) is 4.22. The van der Waals surface area contributed by atoms with E-state index in [1.54, 1.807) is 4.57 Å². The first-order valence-electron chi connectivity index (χ1n) is 8.99. The maximum atomic E-state index is 12.5. The van der Waals surface area contributed by atoms with Gasteiger partial charge in [0.15, 0.2) is 0 Å². The largest absolute Gasteiger partial charge is 0.424 e. The molecular formula is C22H19NO3. The third kappa shape index (κ3) is 2.15. The molecule has 0 spiro atoms. The summed E-state index contributed by atoms with van der Waals surface area (Å²) in [7, 11) is 0. The molecule has 0 saturated heterocycles. The zero-order valence-corrected chi connectivity index (χ0v) is 14.6. The molecule has 4 nitrogen and oxygen atoms in total. The van der Waals surface area contributed by atoms with E-state index in [1.165, 1.54) is 22.3 Å². The number of fused-ring (bicyclic) bond motifs is 3. The van der Waals surface area contributed by atoms with Gasteiger partial charge >= 0.3 is 5.76 Å². The summed E-state index contributed by atoms with van der Waals surface area (Å²) in [6.07, 6.45) is 1.27. The number of hydrogen-bond donors (Lipinski definition) is 0. The summed E-state index contributed by atoms with van der Waals surface area (Å²) < 4.78 is 13.4. The number of para-hydroxylation sites is 1. The molecule has 0 radical (unpaired) electrons. The Morgan fingerprint density at radius 1 is 1.08 bits per heavy atom. The summed E-state index contributed by atoms with van der Waals surface area (Å²) in [5.74, 6) is 0.443. The predicted octanol–water partition coefficient (Wildman–Crippen LogP) is 4.07. The van der Waals surface area contributed by atoms with E-state index >= 15 is 0 Å². The predicted molar refractivity (Wildman–Crippen MR) is 99.4 cm³/mol. The molecule has 3 aromatic rings. The second-order valence-electron chi connectivity index (χ2n) is 6.69. The zero-order chi connectivity index (χ0) is 17.7. The molecule has 1 unspecified atom stereocenters. The Hall–Kier alpha value is -2.85. The van der Waals surface area contributed by atoms with Crippen molar-refractivity contribution in [2.45, 2.75) is 25.9 Å². The molecule has 0 N–H and O–H groups in total. The van der Waals surface area contributed by atoms with Gasteiger partial charge in [0.1, 0.15) is 11.9 Å². The van der Waals surface area contributed by atoms with E-state index in [4.69, 9.17) is 9.15 Å². The number of aromatic nitrogens is 1. The van der Waals surface area contributed by atoms with Crippen molar-refractivity contribution in [3.05, 3.63) is 93.3 Å². The Kier molecular flexibility index (Phi) is 3.47. The number of nitrogens with zero attached hydrogens (tertiary/aromatic N) is 1. The first-order valence-corrected chi connectivity index (χ1v) is 8.99. The van der Waals surface area contributed by atoms with Crippen molar-refractivity contribution >= 4 is 5.57 Å². The second-order valence-corrected chi connectivity index (χ2v) is 6.69. The van der Waals surface area contributed by atoms with Crippen molar-refractivity contribution in [1.29, 1.82) is 0 Å². The number of oxazole rings is 1. The van der Waals surface area contributed by atoms with E-state index in [0.29, 0.717) is 19.4 Å². The van der Waals surface area contributed by atoms with Gasteiger partial charge in [-0.3, -0.25) is 0 Å². The van der Waals surface area contributed by atoms with Gasteiger partial charge in [0, 0.05) is 19.4 Å². The monoisotopic (exact) mass is 345 g/mol. The van der Waals surface area contributed by atoms with E-state index in [2.05, 4.69) is 24.3 Å². The third-order valence-electron chi connectivity index (χ3n) is 5.30. The van der Waals surface area contributed by atoms with Gasteiger partial charge in [-0.2, -0.15) is 0 Å². The van der Waals surface area contributed by atoms with Crippen LogP contribution in [-0.2, 0) is 17.6 Å². The lowest BCUT2D eigenvalue weighted by Crippen LogP contribution is -2.16. The molecule has 0 fully saturated rings. The highest BCUT2D eigenvalue weighted by Gasteiger charge is 2.37. The molecule has 1 atom stereocenters. The minimum atomic E-state index is -0.316. The van der Waals surface area contributed by atoms with Gasteiger partial charge in [-0.25, -0.2) is 9.36 Å². The summed E-state index contributed by atoms with van der Waals surface area (Å²) in [5, 5.41) is 0. The zero-order valence-electron chi connectivity index (χ0n) is 14.6. The summed E-state index contributed by atoms with van der Waals surface area (Å²) >= 11 is 0. The fourth-order valence-electron chi connectivity index (χ4n) is 4.22. The second kappa shape index (κ2) is 5.85. The maximum absolute atomic E-state index is 12.5. The molecule has 0 aliphatic heterocycles. The quantitative estimate of drug-likeness (QED) is 0.719. The molecule has 2 aliphatic rings. The van der Waals surface area contributed by atoms with E-state index in [0.717, 1.165) is 17.1 Å². The highest BCUT2D eigenvalue weighted by Crippen LogP contribution is 2.48. The Morgan fingerprint density at radius 2 is 1.85 bits per heavy atom. The minimum Gasteiger partial charge on any atom is -0.412 e. The van der Waals surface area contributed by atoms with Gasteiger partial charge in [0.25, 0.3) is 0 Å². The molecule has 0 saturated carbocycles. The summed E-state index contributed by atoms with van der Waals surface area (Å²) in [6, 6.07) is 18.1. The number of ether oxygens (including phenoxy) is 1. The summed E-state index contributed by atoms with van der Waals surface area (Å²) in [5.41, 5.74) is 6.76. The first-order chi connectivity index (χ1) is 12.8. The topological polar surface area (TPSA) is 44.4 Å². The first kappa shape index (κ1) is 15.4. The average Bonchev–Trinajstić information content (AvgIpc) is 3.15. The van der Waals surface area contributed by atoms with Gasteiger partial charge < -0.3 is 9.15 Å². The Morgan fingerprint density at radius 3 is 2.65 bits per heavy atom. The van der Waals surface area contributed by atoms with Crippen molar-refractivity contribution in [1.82, 2.24) is 4.57 Å². The fraction of sp³-hybridized carbons (Fsp3) is 0.227. The van der Waals surface area contributed by atoms with Crippen molar-refractivity contribution in [2.24, 2.45) is 0 Å². The molecular weight excluding hydrogens is 326 g/mol. The molecule has 1 aromatic heterocycles. The van der Waals surface area contributed by atoms with Crippen LogP contribution in [0.15, 0.2) is 69.4 Å². The van der Waals surface area contributed by atoms with Crippen LogP contribution in [0.5, 0.6) is 0 Å². The lowest BCUT2D eigenvalue weighted by molar-refractivity contribution is 0.0886. The van der Waals surface area contributed by atoms with Crippen LogP contribution in [0.3, 0.4) is 0 Å². The van der Waals surface area contributed by atoms with Crippen molar-refractivity contribution < 1.29 is 9.15 Å². The Labute approximate surface area is 151 Å². The number of benzene rings is 2. The molecule has 2 aromatic carbocycles. The Bertz CT molecular complexity index is 1070. The van der Waals surface area contributed by atoms with E-state index < -0.39 is 0 Å². The minimum absolute atomic E-state index is 0.0373. The van der Waals surface area contributed by atoms with Gasteiger partial charge in [-0.05, 0) is 41.3 Å². The van der Waals surface area contributed by atoms with E-state index in [-0.39, 0.29) is 11.9 Å². The number of allylic oxidation sites excluding steroid dienone is 1.